The zero-order chi connectivity index (χ0) is 17.0. The molecule has 120 valence electrons. The summed E-state index contributed by atoms with van der Waals surface area (Å²) >= 11 is 0. The van der Waals surface area contributed by atoms with Gasteiger partial charge in [0, 0.05) is 23.9 Å². The van der Waals surface area contributed by atoms with Gasteiger partial charge >= 0.3 is 5.69 Å². The molecule has 1 N–H and O–H groups in total. The molecule has 0 fully saturated rings. The third kappa shape index (κ3) is 3.60. The number of benzene rings is 1. The molecule has 1 aromatic carbocycles. The Hall–Kier alpha value is -3.03. The molecule has 1 heterocycles. The first-order valence-electron chi connectivity index (χ1n) is 6.70. The summed E-state index contributed by atoms with van der Waals surface area (Å²) < 4.78 is 18.7. The lowest BCUT2D eigenvalue weighted by molar-refractivity contribution is -0.385. The molecule has 23 heavy (non-hydrogen) atoms. The average molecular weight is 318 g/mol. The highest BCUT2D eigenvalue weighted by atomic mass is 19.1. The monoisotopic (exact) mass is 318 g/mol. The summed E-state index contributed by atoms with van der Waals surface area (Å²) in [5, 5.41) is 13.9. The smallest absolute Gasteiger partial charge is 0.316 e. The first-order valence-corrected chi connectivity index (χ1v) is 6.70. The van der Waals surface area contributed by atoms with Gasteiger partial charge in [0.15, 0.2) is 5.82 Å². The summed E-state index contributed by atoms with van der Waals surface area (Å²) in [4.78, 5) is 18.5. The molecule has 0 spiro atoms. The van der Waals surface area contributed by atoms with E-state index in [1.54, 1.807) is 6.07 Å². The summed E-state index contributed by atoms with van der Waals surface area (Å²) in [6.45, 7) is 3.77. The molecular formula is C15H15FN4O3. The van der Waals surface area contributed by atoms with Gasteiger partial charge in [-0.05, 0) is 19.4 Å². The van der Waals surface area contributed by atoms with Crippen LogP contribution in [0.1, 0.15) is 19.5 Å². The highest BCUT2D eigenvalue weighted by Gasteiger charge is 2.21. The number of hydrogen-bond donors (Lipinski definition) is 1. The Bertz CT molecular complexity index is 777. The third-order valence-electron chi connectivity index (χ3n) is 3.20. The van der Waals surface area contributed by atoms with Crippen molar-refractivity contribution in [1.29, 1.82) is 0 Å². The number of anilines is 2. The van der Waals surface area contributed by atoms with Crippen molar-refractivity contribution < 1.29 is 14.1 Å². The molecule has 2 rings (SSSR count). The van der Waals surface area contributed by atoms with Crippen LogP contribution in [-0.4, -0.2) is 22.0 Å². The van der Waals surface area contributed by atoms with Crippen molar-refractivity contribution in [3.8, 4) is 5.75 Å². The van der Waals surface area contributed by atoms with E-state index in [2.05, 4.69) is 15.3 Å². The van der Waals surface area contributed by atoms with Crippen LogP contribution in [0, 0.1) is 15.9 Å². The first kappa shape index (κ1) is 16.3. The van der Waals surface area contributed by atoms with Crippen LogP contribution in [-0.2, 0) is 0 Å². The number of allylic oxidation sites excluding steroid dienone is 2. The number of aromatic nitrogens is 2. The largest absolute Gasteiger partial charge is 0.488 e. The Labute approximate surface area is 132 Å². The van der Waals surface area contributed by atoms with Gasteiger partial charge in [0.2, 0.25) is 5.75 Å². The number of halogens is 1. The summed E-state index contributed by atoms with van der Waals surface area (Å²) in [6.07, 6.45) is 3.25. The number of nitrogens with zero attached hydrogens (tertiary/aromatic N) is 3. The normalized spacial score (nSPS) is 11.2. The van der Waals surface area contributed by atoms with Crippen molar-refractivity contribution in [2.75, 3.05) is 12.4 Å². The second-order valence-corrected chi connectivity index (χ2v) is 4.65. The van der Waals surface area contributed by atoms with Gasteiger partial charge in [-0.2, -0.15) is 0 Å². The fourth-order valence-corrected chi connectivity index (χ4v) is 1.93. The van der Waals surface area contributed by atoms with Gasteiger partial charge in [-0.25, -0.2) is 14.4 Å². The number of ether oxygens (including phenoxy) is 1. The fourth-order valence-electron chi connectivity index (χ4n) is 1.93. The maximum Gasteiger partial charge on any atom is 0.316 e. The molecule has 0 unspecified atom stereocenters. The van der Waals surface area contributed by atoms with Crippen molar-refractivity contribution in [2.24, 2.45) is 0 Å². The molecule has 0 atom stereocenters. The maximum absolute atomic E-state index is 13.9. The molecule has 0 radical (unpaired) electrons. The number of nitrogens with one attached hydrogen (secondary N) is 1. The molecule has 0 bridgehead atoms. The summed E-state index contributed by atoms with van der Waals surface area (Å²) in [7, 11) is 1.18. The van der Waals surface area contributed by atoms with Crippen LogP contribution in [0.2, 0.25) is 0 Å². The van der Waals surface area contributed by atoms with E-state index in [1.165, 1.54) is 19.5 Å². The topological polar surface area (TPSA) is 90.2 Å². The van der Waals surface area contributed by atoms with Crippen LogP contribution in [0.3, 0.4) is 0 Å². The minimum atomic E-state index is -0.830. The Kier molecular flexibility index (Phi) is 4.85. The minimum Gasteiger partial charge on any atom is -0.488 e. The Balaban J connectivity index is 2.39. The number of rotatable bonds is 5. The Morgan fingerprint density at radius 3 is 2.74 bits per heavy atom. The van der Waals surface area contributed by atoms with E-state index in [-0.39, 0.29) is 5.69 Å². The summed E-state index contributed by atoms with van der Waals surface area (Å²) in [5.74, 6) is -0.841. The van der Waals surface area contributed by atoms with E-state index in [1.807, 2.05) is 19.9 Å². The van der Waals surface area contributed by atoms with Gasteiger partial charge in [-0.15, -0.1) is 0 Å². The van der Waals surface area contributed by atoms with Crippen LogP contribution in [0.15, 0.2) is 30.6 Å². The molecule has 2 aromatic rings. The van der Waals surface area contributed by atoms with Gasteiger partial charge in [-0.1, -0.05) is 6.08 Å². The third-order valence-corrected chi connectivity index (χ3v) is 3.20. The van der Waals surface area contributed by atoms with E-state index in [4.69, 9.17) is 4.74 Å². The van der Waals surface area contributed by atoms with Crippen molar-refractivity contribution in [2.45, 2.75) is 13.8 Å². The highest BCUT2D eigenvalue weighted by Crippen LogP contribution is 2.34. The second-order valence-electron chi connectivity index (χ2n) is 4.65. The number of nitro groups is 1. The average Bonchev–Trinajstić information content (AvgIpc) is 2.53. The van der Waals surface area contributed by atoms with E-state index in [0.29, 0.717) is 11.5 Å². The lowest BCUT2D eigenvalue weighted by Gasteiger charge is -2.09. The molecule has 8 heteroatoms. The van der Waals surface area contributed by atoms with Crippen LogP contribution in [0.4, 0.5) is 21.6 Å². The van der Waals surface area contributed by atoms with E-state index in [0.717, 1.165) is 11.6 Å². The van der Waals surface area contributed by atoms with Gasteiger partial charge < -0.3 is 10.1 Å². The molecular weight excluding hydrogens is 303 g/mol. The molecule has 0 aliphatic rings. The van der Waals surface area contributed by atoms with Gasteiger partial charge in [-0.3, -0.25) is 10.1 Å². The van der Waals surface area contributed by atoms with E-state index < -0.39 is 22.2 Å². The van der Waals surface area contributed by atoms with Crippen LogP contribution in [0.5, 0.6) is 5.75 Å². The van der Waals surface area contributed by atoms with Crippen molar-refractivity contribution in [3.05, 3.63) is 52.2 Å². The highest BCUT2D eigenvalue weighted by molar-refractivity contribution is 5.67. The predicted octanol–water partition coefficient (Wildman–Crippen LogP) is 3.70. The standard InChI is InChI=1S/C15H15FN4O3/c1-4-9(2)12-7-14(18-8-17-12)19-10-5-11(16)15(23-3)13(6-10)20(21)22/h4-8H,1-3H3,(H,17,18,19). The maximum atomic E-state index is 13.9. The van der Waals surface area contributed by atoms with Gasteiger partial charge in [0.05, 0.1) is 17.7 Å². The molecule has 0 saturated heterocycles. The van der Waals surface area contributed by atoms with Crippen molar-refractivity contribution in [1.82, 2.24) is 9.97 Å². The quantitative estimate of drug-likeness (QED) is 0.668. The second kappa shape index (κ2) is 6.82. The first-order chi connectivity index (χ1) is 11.0. The van der Waals surface area contributed by atoms with Crippen LogP contribution < -0.4 is 10.1 Å². The van der Waals surface area contributed by atoms with Gasteiger partial charge in [0.25, 0.3) is 0 Å². The Morgan fingerprint density at radius 1 is 1.39 bits per heavy atom. The van der Waals surface area contributed by atoms with Gasteiger partial charge in [0.1, 0.15) is 12.1 Å². The summed E-state index contributed by atoms with van der Waals surface area (Å²) in [6, 6.07) is 3.96. The van der Waals surface area contributed by atoms with Crippen LogP contribution >= 0.6 is 0 Å². The fraction of sp³-hybridized carbons (Fsp3) is 0.200. The molecule has 0 amide bonds. The number of nitro benzene ring substituents is 1. The number of hydrogen-bond acceptors (Lipinski definition) is 6. The summed E-state index contributed by atoms with van der Waals surface area (Å²) in [5.41, 5.74) is 1.38. The lowest BCUT2D eigenvalue weighted by Crippen LogP contribution is -2.01. The zero-order valence-corrected chi connectivity index (χ0v) is 12.8. The zero-order valence-electron chi connectivity index (χ0n) is 12.8. The number of methoxy groups -OCH3 is 1. The molecule has 0 saturated carbocycles. The lowest BCUT2D eigenvalue weighted by atomic mass is 10.2. The van der Waals surface area contributed by atoms with Crippen molar-refractivity contribution in [3.63, 3.8) is 0 Å². The van der Waals surface area contributed by atoms with Crippen LogP contribution in [0.25, 0.3) is 5.57 Å². The minimum absolute atomic E-state index is 0.192. The molecule has 0 aliphatic heterocycles. The molecule has 0 aliphatic carbocycles. The Morgan fingerprint density at radius 2 is 2.13 bits per heavy atom. The molecule has 1 aromatic heterocycles. The van der Waals surface area contributed by atoms with E-state index >= 15 is 0 Å². The predicted molar refractivity (Wildman–Crippen MR) is 84.2 cm³/mol. The van der Waals surface area contributed by atoms with E-state index in [9.17, 15) is 14.5 Å². The SMILES string of the molecule is CC=C(C)c1cc(Nc2cc(F)c(OC)c([N+](=O)[O-])c2)ncn1. The van der Waals surface area contributed by atoms with Crippen molar-refractivity contribution >= 4 is 22.8 Å². The molecule has 7 nitrogen and oxygen atoms in total.